The van der Waals surface area contributed by atoms with E-state index in [0.717, 1.165) is 23.5 Å². The number of para-hydroxylation sites is 1. The molecule has 0 unspecified atom stereocenters. The molecule has 0 aliphatic heterocycles. The van der Waals surface area contributed by atoms with Crippen molar-refractivity contribution in [2.75, 3.05) is 5.32 Å². The van der Waals surface area contributed by atoms with E-state index in [-0.39, 0.29) is 27.7 Å². The lowest BCUT2D eigenvalue weighted by atomic mass is 9.94. The molecule has 2 aromatic heterocycles. The number of halogens is 3. The Hall–Kier alpha value is -2.72. The first kappa shape index (κ1) is 20.0. The Kier molecular flexibility index (Phi) is 5.26. The van der Waals surface area contributed by atoms with Crippen molar-refractivity contribution in [3.8, 4) is 5.75 Å². The minimum atomic E-state index is -4.68. The Morgan fingerprint density at radius 3 is 2.61 bits per heavy atom. The topological polar surface area (TPSA) is 101 Å². The summed E-state index contributed by atoms with van der Waals surface area (Å²) < 4.78 is 40.2. The van der Waals surface area contributed by atoms with E-state index in [1.54, 1.807) is 19.2 Å². The molecule has 0 aliphatic rings. The number of nitrogens with one attached hydrogen (secondary N) is 1. The summed E-state index contributed by atoms with van der Waals surface area (Å²) in [7, 11) is 0. The number of anilines is 1. The van der Waals surface area contributed by atoms with Crippen LogP contribution in [0.2, 0.25) is 0 Å². The molecule has 2 heterocycles. The molecule has 0 bridgehead atoms. The van der Waals surface area contributed by atoms with Gasteiger partial charge in [0.1, 0.15) is 11.3 Å². The van der Waals surface area contributed by atoms with Crippen molar-refractivity contribution in [2.45, 2.75) is 26.1 Å². The maximum absolute atomic E-state index is 13.4. The zero-order valence-corrected chi connectivity index (χ0v) is 15.7. The average Bonchev–Trinajstić information content (AvgIpc) is 3.12. The average molecular weight is 410 g/mol. The largest absolute Gasteiger partial charge is 0.506 e. The molecule has 28 heavy (non-hydrogen) atoms. The highest BCUT2D eigenvalue weighted by Crippen LogP contribution is 2.40. The third-order valence-corrected chi connectivity index (χ3v) is 4.92. The standard InChI is InChI=1S/C18H17F3N4O2S/c1-8(2)12(22)14-11(16(27)25-17-23-6-7-28-17)15(26)9-4-3-5-10(13(9)24-14)18(19,20)21/h3-8,12H,22H2,1-2H3,(H,24,26)(H,23,25,27)/t12-/m0/s1. The number of pyridine rings is 1. The van der Waals surface area contributed by atoms with Gasteiger partial charge in [-0.3, -0.25) is 10.1 Å². The van der Waals surface area contributed by atoms with Crippen LogP contribution in [-0.2, 0) is 6.18 Å². The first-order chi connectivity index (χ1) is 13.1. The molecule has 3 rings (SSSR count). The fourth-order valence-electron chi connectivity index (χ4n) is 2.74. The molecular weight excluding hydrogens is 393 g/mol. The molecule has 0 fully saturated rings. The molecule has 10 heteroatoms. The number of amides is 1. The van der Waals surface area contributed by atoms with Crippen molar-refractivity contribution >= 4 is 33.3 Å². The van der Waals surface area contributed by atoms with Gasteiger partial charge in [0.2, 0.25) is 0 Å². The number of fused-ring (bicyclic) bond motifs is 1. The van der Waals surface area contributed by atoms with Gasteiger partial charge in [0, 0.05) is 17.0 Å². The second kappa shape index (κ2) is 7.36. The van der Waals surface area contributed by atoms with Crippen LogP contribution >= 0.6 is 11.3 Å². The number of carbonyl (C=O) groups excluding carboxylic acids is 1. The third-order valence-electron chi connectivity index (χ3n) is 4.24. The van der Waals surface area contributed by atoms with E-state index in [9.17, 15) is 23.1 Å². The maximum Gasteiger partial charge on any atom is 0.418 e. The number of thiazole rings is 1. The molecule has 3 aromatic rings. The summed E-state index contributed by atoms with van der Waals surface area (Å²) >= 11 is 1.16. The highest BCUT2D eigenvalue weighted by atomic mass is 32.1. The van der Waals surface area contributed by atoms with Crippen LogP contribution in [0.4, 0.5) is 18.3 Å². The smallest absolute Gasteiger partial charge is 0.418 e. The van der Waals surface area contributed by atoms with Gasteiger partial charge in [0.05, 0.1) is 22.8 Å². The summed E-state index contributed by atoms with van der Waals surface area (Å²) in [5.74, 6) is -1.59. The summed E-state index contributed by atoms with van der Waals surface area (Å²) in [6.45, 7) is 3.48. The summed E-state index contributed by atoms with van der Waals surface area (Å²) in [6.07, 6.45) is -3.20. The Morgan fingerprint density at radius 1 is 1.32 bits per heavy atom. The van der Waals surface area contributed by atoms with Gasteiger partial charge in [-0.2, -0.15) is 13.2 Å². The fourth-order valence-corrected chi connectivity index (χ4v) is 3.27. The van der Waals surface area contributed by atoms with Crippen molar-refractivity contribution in [3.63, 3.8) is 0 Å². The first-order valence-electron chi connectivity index (χ1n) is 8.30. The van der Waals surface area contributed by atoms with Crippen LogP contribution in [0, 0.1) is 5.92 Å². The van der Waals surface area contributed by atoms with Gasteiger partial charge in [0.15, 0.2) is 5.13 Å². The lowest BCUT2D eigenvalue weighted by Gasteiger charge is -2.21. The van der Waals surface area contributed by atoms with Crippen molar-refractivity contribution in [1.82, 2.24) is 9.97 Å². The maximum atomic E-state index is 13.4. The summed E-state index contributed by atoms with van der Waals surface area (Å²) in [4.78, 5) is 20.8. The summed E-state index contributed by atoms with van der Waals surface area (Å²) in [5, 5.41) is 15.0. The van der Waals surface area contributed by atoms with E-state index in [4.69, 9.17) is 5.73 Å². The monoisotopic (exact) mass is 410 g/mol. The quantitative estimate of drug-likeness (QED) is 0.595. The Labute approximate surface area is 162 Å². The Morgan fingerprint density at radius 2 is 2.04 bits per heavy atom. The minimum Gasteiger partial charge on any atom is -0.506 e. The fraction of sp³-hybridized carbons (Fsp3) is 0.278. The van der Waals surface area contributed by atoms with Crippen LogP contribution in [0.1, 0.15) is 41.5 Å². The Bertz CT molecular complexity index is 1020. The van der Waals surface area contributed by atoms with E-state index in [0.29, 0.717) is 0 Å². The first-order valence-corrected chi connectivity index (χ1v) is 9.18. The van der Waals surface area contributed by atoms with E-state index in [1.165, 1.54) is 12.3 Å². The van der Waals surface area contributed by atoms with Gasteiger partial charge in [-0.1, -0.05) is 19.9 Å². The predicted molar refractivity (Wildman–Crippen MR) is 100 cm³/mol. The number of rotatable bonds is 4. The summed E-state index contributed by atoms with van der Waals surface area (Å²) in [5.41, 5.74) is 4.29. The molecule has 1 atom stereocenters. The second-order valence-corrected chi connectivity index (χ2v) is 7.38. The van der Waals surface area contributed by atoms with Gasteiger partial charge in [-0.25, -0.2) is 9.97 Å². The molecule has 0 saturated heterocycles. The molecule has 6 nitrogen and oxygen atoms in total. The number of aromatic nitrogens is 2. The number of carbonyl (C=O) groups is 1. The molecule has 0 saturated carbocycles. The van der Waals surface area contributed by atoms with Gasteiger partial charge in [-0.05, 0) is 18.1 Å². The number of nitrogens with two attached hydrogens (primary N) is 1. The molecule has 4 N–H and O–H groups in total. The number of hydrogen-bond donors (Lipinski definition) is 3. The number of benzene rings is 1. The lowest BCUT2D eigenvalue weighted by Crippen LogP contribution is -2.24. The van der Waals surface area contributed by atoms with Gasteiger partial charge < -0.3 is 10.8 Å². The number of alkyl halides is 3. The van der Waals surface area contributed by atoms with Crippen LogP contribution in [0.15, 0.2) is 29.8 Å². The van der Waals surface area contributed by atoms with Crippen LogP contribution in [0.3, 0.4) is 0 Å². The molecule has 0 aliphatic carbocycles. The van der Waals surface area contributed by atoms with Crippen LogP contribution < -0.4 is 11.1 Å². The highest BCUT2D eigenvalue weighted by molar-refractivity contribution is 7.13. The third kappa shape index (κ3) is 3.65. The molecule has 1 amide bonds. The van der Waals surface area contributed by atoms with Gasteiger partial charge in [0.25, 0.3) is 5.91 Å². The van der Waals surface area contributed by atoms with Crippen LogP contribution in [-0.4, -0.2) is 21.0 Å². The predicted octanol–water partition coefficient (Wildman–Crippen LogP) is 4.32. The zero-order chi connectivity index (χ0) is 20.6. The van der Waals surface area contributed by atoms with Crippen molar-refractivity contribution in [2.24, 2.45) is 11.7 Å². The highest BCUT2D eigenvalue weighted by Gasteiger charge is 2.35. The zero-order valence-electron chi connectivity index (χ0n) is 14.9. The molecule has 1 aromatic carbocycles. The summed E-state index contributed by atoms with van der Waals surface area (Å²) in [6, 6.07) is 2.43. The van der Waals surface area contributed by atoms with E-state index in [2.05, 4.69) is 15.3 Å². The number of hydrogen-bond acceptors (Lipinski definition) is 6. The van der Waals surface area contributed by atoms with E-state index in [1.807, 2.05) is 0 Å². The lowest BCUT2D eigenvalue weighted by molar-refractivity contribution is -0.136. The number of nitrogens with zero attached hydrogens (tertiary/aromatic N) is 2. The molecule has 0 spiro atoms. The Balaban J connectivity index is 2.28. The second-order valence-electron chi connectivity index (χ2n) is 6.48. The van der Waals surface area contributed by atoms with Crippen LogP contribution in [0.25, 0.3) is 10.9 Å². The molecule has 0 radical (unpaired) electrons. The normalized spacial score (nSPS) is 13.1. The van der Waals surface area contributed by atoms with E-state index >= 15 is 0 Å². The van der Waals surface area contributed by atoms with Crippen molar-refractivity contribution < 1.29 is 23.1 Å². The van der Waals surface area contributed by atoms with E-state index < -0.39 is 35.0 Å². The SMILES string of the molecule is CC(C)[C@H](N)c1nc2c(C(F)(F)F)cccc2c(O)c1C(=O)Nc1nccs1. The van der Waals surface area contributed by atoms with Crippen molar-refractivity contribution in [3.05, 3.63) is 46.6 Å². The van der Waals surface area contributed by atoms with Crippen LogP contribution in [0.5, 0.6) is 5.75 Å². The van der Waals surface area contributed by atoms with Gasteiger partial charge in [-0.15, -0.1) is 11.3 Å². The molecule has 148 valence electrons. The number of aromatic hydroxyl groups is 1. The minimum absolute atomic E-state index is 0.106. The molecular formula is C18H17F3N4O2S. The van der Waals surface area contributed by atoms with Crippen molar-refractivity contribution in [1.29, 1.82) is 0 Å². The van der Waals surface area contributed by atoms with Gasteiger partial charge >= 0.3 is 6.18 Å².